The summed E-state index contributed by atoms with van der Waals surface area (Å²) in [5.41, 5.74) is 8.70. The van der Waals surface area contributed by atoms with Crippen molar-refractivity contribution in [3.63, 3.8) is 0 Å². The number of fused-ring (bicyclic) bond motifs is 1. The second-order valence-electron chi connectivity index (χ2n) is 3.86. The second-order valence-corrected chi connectivity index (χ2v) is 3.86. The number of nitrogens with zero attached hydrogens (tertiary/aromatic N) is 3. The molecule has 0 amide bonds. The van der Waals surface area contributed by atoms with Gasteiger partial charge in [-0.3, -0.25) is 0 Å². The first kappa shape index (κ1) is 9.99. The lowest BCUT2D eigenvalue weighted by atomic mass is 10.2. The molecule has 0 radical (unpaired) electrons. The molecule has 0 aliphatic rings. The van der Waals surface area contributed by atoms with Gasteiger partial charge in [-0.2, -0.15) is 0 Å². The summed E-state index contributed by atoms with van der Waals surface area (Å²) in [6, 6.07) is 10.2. The number of hydrogen-bond acceptors (Lipinski definition) is 3. The minimum absolute atomic E-state index is 0.564. The minimum Gasteiger partial charge on any atom is -0.326 e. The van der Waals surface area contributed by atoms with E-state index in [1.807, 2.05) is 47.3 Å². The fraction of sp³-hybridized carbons (Fsp3) is 0.0769. The summed E-state index contributed by atoms with van der Waals surface area (Å²) in [5, 5.41) is 1.04. The topological polar surface area (TPSA) is 56.7 Å². The molecule has 2 aromatic heterocycles. The summed E-state index contributed by atoms with van der Waals surface area (Å²) < 4.78 is 2.04. The van der Waals surface area contributed by atoms with Gasteiger partial charge in [0.15, 0.2) is 0 Å². The fourth-order valence-corrected chi connectivity index (χ4v) is 1.88. The summed E-state index contributed by atoms with van der Waals surface area (Å²) in [4.78, 5) is 8.29. The first-order chi connectivity index (χ1) is 8.38. The van der Waals surface area contributed by atoms with Crippen molar-refractivity contribution in [1.82, 2.24) is 14.5 Å². The summed E-state index contributed by atoms with van der Waals surface area (Å²) in [7, 11) is 0. The molecule has 3 rings (SSSR count). The van der Waals surface area contributed by atoms with E-state index in [4.69, 9.17) is 5.73 Å². The Balaban J connectivity index is 2.13. The van der Waals surface area contributed by atoms with Crippen LogP contribution in [0.15, 0.2) is 49.1 Å². The van der Waals surface area contributed by atoms with Crippen LogP contribution in [0.25, 0.3) is 16.7 Å². The molecule has 0 atom stereocenters. The van der Waals surface area contributed by atoms with E-state index in [-0.39, 0.29) is 0 Å². The SMILES string of the molecule is NCc1ccc(-n2ccc3cncnc32)cc1. The number of benzene rings is 1. The van der Waals surface area contributed by atoms with Gasteiger partial charge in [-0.15, -0.1) is 0 Å². The average molecular weight is 224 g/mol. The van der Waals surface area contributed by atoms with Crippen molar-refractivity contribution in [2.75, 3.05) is 0 Å². The summed E-state index contributed by atoms with van der Waals surface area (Å²) in [5.74, 6) is 0. The van der Waals surface area contributed by atoms with Gasteiger partial charge in [0.2, 0.25) is 0 Å². The Morgan fingerprint density at radius 1 is 1.12 bits per heavy atom. The van der Waals surface area contributed by atoms with Crippen LogP contribution in [0.2, 0.25) is 0 Å². The zero-order valence-corrected chi connectivity index (χ0v) is 9.24. The first-order valence-corrected chi connectivity index (χ1v) is 5.45. The van der Waals surface area contributed by atoms with Crippen LogP contribution >= 0.6 is 0 Å². The standard InChI is InChI=1S/C13H12N4/c14-7-10-1-3-12(4-2-10)17-6-5-11-8-15-9-16-13(11)17/h1-6,8-9H,7,14H2. The molecule has 0 fully saturated rings. The van der Waals surface area contributed by atoms with Crippen molar-refractivity contribution in [2.24, 2.45) is 5.73 Å². The third-order valence-electron chi connectivity index (χ3n) is 2.80. The molecule has 2 heterocycles. The van der Waals surface area contributed by atoms with Crippen LogP contribution in [0.4, 0.5) is 0 Å². The van der Waals surface area contributed by atoms with E-state index in [1.54, 1.807) is 6.33 Å². The Labute approximate surface area is 98.7 Å². The molecule has 0 unspecified atom stereocenters. The molecule has 2 N–H and O–H groups in total. The third-order valence-corrected chi connectivity index (χ3v) is 2.80. The Morgan fingerprint density at radius 2 is 1.94 bits per heavy atom. The maximum atomic E-state index is 5.58. The molecule has 1 aromatic carbocycles. The summed E-state index contributed by atoms with van der Waals surface area (Å²) >= 11 is 0. The van der Waals surface area contributed by atoms with Crippen molar-refractivity contribution < 1.29 is 0 Å². The number of hydrogen-bond donors (Lipinski definition) is 1. The van der Waals surface area contributed by atoms with Crippen molar-refractivity contribution in [1.29, 1.82) is 0 Å². The normalized spacial score (nSPS) is 10.9. The molecule has 4 nitrogen and oxygen atoms in total. The average Bonchev–Trinajstić information content (AvgIpc) is 2.83. The van der Waals surface area contributed by atoms with Crippen LogP contribution in [-0.4, -0.2) is 14.5 Å². The number of nitrogens with two attached hydrogens (primary N) is 1. The lowest BCUT2D eigenvalue weighted by molar-refractivity contribution is 1.05. The van der Waals surface area contributed by atoms with E-state index in [0.29, 0.717) is 6.54 Å². The van der Waals surface area contributed by atoms with E-state index in [0.717, 1.165) is 22.3 Å². The maximum Gasteiger partial charge on any atom is 0.147 e. The quantitative estimate of drug-likeness (QED) is 0.723. The van der Waals surface area contributed by atoms with Gasteiger partial charge in [0, 0.05) is 30.0 Å². The van der Waals surface area contributed by atoms with Gasteiger partial charge in [0.05, 0.1) is 0 Å². The van der Waals surface area contributed by atoms with E-state index in [1.165, 1.54) is 0 Å². The molecule has 0 spiro atoms. The summed E-state index contributed by atoms with van der Waals surface area (Å²) in [6.07, 6.45) is 5.37. The molecule has 0 bridgehead atoms. The Bertz CT molecular complexity index is 640. The van der Waals surface area contributed by atoms with Gasteiger partial charge in [-0.25, -0.2) is 9.97 Å². The Morgan fingerprint density at radius 3 is 2.71 bits per heavy atom. The molecule has 0 aliphatic carbocycles. The largest absolute Gasteiger partial charge is 0.326 e. The van der Waals surface area contributed by atoms with Gasteiger partial charge in [-0.1, -0.05) is 12.1 Å². The van der Waals surface area contributed by atoms with Gasteiger partial charge in [0.25, 0.3) is 0 Å². The third kappa shape index (κ3) is 1.68. The molecule has 0 saturated carbocycles. The second kappa shape index (κ2) is 3.99. The lowest BCUT2D eigenvalue weighted by Crippen LogP contribution is -1.98. The van der Waals surface area contributed by atoms with Crippen molar-refractivity contribution >= 4 is 11.0 Å². The molecule has 4 heteroatoms. The summed E-state index contributed by atoms with van der Waals surface area (Å²) in [6.45, 7) is 0.564. The van der Waals surface area contributed by atoms with Crippen molar-refractivity contribution in [3.8, 4) is 5.69 Å². The fourth-order valence-electron chi connectivity index (χ4n) is 1.88. The molecule has 84 valence electrons. The highest BCUT2D eigenvalue weighted by Crippen LogP contribution is 2.17. The Kier molecular flexibility index (Phi) is 2.34. The predicted octanol–water partition coefficient (Wildman–Crippen LogP) is 1.88. The molecule has 0 aliphatic heterocycles. The van der Waals surface area contributed by atoms with E-state index in [2.05, 4.69) is 9.97 Å². The minimum atomic E-state index is 0.564. The van der Waals surface area contributed by atoms with Crippen molar-refractivity contribution in [3.05, 3.63) is 54.6 Å². The lowest BCUT2D eigenvalue weighted by Gasteiger charge is -2.05. The molecular weight excluding hydrogens is 212 g/mol. The number of aromatic nitrogens is 3. The molecular formula is C13H12N4. The van der Waals surface area contributed by atoms with Gasteiger partial charge in [-0.05, 0) is 23.8 Å². The van der Waals surface area contributed by atoms with Gasteiger partial charge >= 0.3 is 0 Å². The van der Waals surface area contributed by atoms with Gasteiger partial charge < -0.3 is 10.3 Å². The first-order valence-electron chi connectivity index (χ1n) is 5.45. The van der Waals surface area contributed by atoms with E-state index < -0.39 is 0 Å². The van der Waals surface area contributed by atoms with Crippen LogP contribution < -0.4 is 5.73 Å². The molecule has 3 aromatic rings. The zero-order chi connectivity index (χ0) is 11.7. The highest BCUT2D eigenvalue weighted by Gasteiger charge is 2.03. The Hall–Kier alpha value is -2.20. The van der Waals surface area contributed by atoms with Gasteiger partial charge in [0.1, 0.15) is 12.0 Å². The van der Waals surface area contributed by atoms with E-state index in [9.17, 15) is 0 Å². The molecule has 17 heavy (non-hydrogen) atoms. The van der Waals surface area contributed by atoms with Crippen LogP contribution in [0.1, 0.15) is 5.56 Å². The predicted molar refractivity (Wildman–Crippen MR) is 66.8 cm³/mol. The van der Waals surface area contributed by atoms with Crippen LogP contribution in [0.3, 0.4) is 0 Å². The zero-order valence-electron chi connectivity index (χ0n) is 9.24. The van der Waals surface area contributed by atoms with Crippen molar-refractivity contribution in [2.45, 2.75) is 6.54 Å². The smallest absolute Gasteiger partial charge is 0.147 e. The van der Waals surface area contributed by atoms with Crippen LogP contribution in [0, 0.1) is 0 Å². The highest BCUT2D eigenvalue weighted by molar-refractivity contribution is 5.76. The van der Waals surface area contributed by atoms with Crippen LogP contribution in [0.5, 0.6) is 0 Å². The number of rotatable bonds is 2. The van der Waals surface area contributed by atoms with Crippen LogP contribution in [-0.2, 0) is 6.54 Å². The maximum absolute atomic E-state index is 5.58. The van der Waals surface area contributed by atoms with E-state index >= 15 is 0 Å². The highest BCUT2D eigenvalue weighted by atomic mass is 15.0. The molecule has 0 saturated heterocycles. The monoisotopic (exact) mass is 224 g/mol.